The predicted octanol–water partition coefficient (Wildman–Crippen LogP) is 6.13. The Bertz CT molecular complexity index is 791. The standard InChI is InChI=1S/C24H33NO4S2/c1-4-6-7-8-9-10-15-29-19-13-11-18(12-14-19)16-20-22(26)25(24(30)31-20)21(23(27)28)17(3)5-2/h11-14,16-17,21H,4-10,15H2,1-3H3,(H,27,28)/b20-16+/t17-,21+/m0/s1. The third kappa shape index (κ3) is 7.35. The molecule has 1 fully saturated rings. The molecule has 1 heterocycles. The van der Waals surface area contributed by atoms with Crippen molar-refractivity contribution in [3.8, 4) is 5.75 Å². The van der Waals surface area contributed by atoms with Crippen molar-refractivity contribution >= 4 is 46.3 Å². The van der Waals surface area contributed by atoms with Gasteiger partial charge in [0.05, 0.1) is 11.5 Å². The Morgan fingerprint density at radius 3 is 2.42 bits per heavy atom. The fourth-order valence-corrected chi connectivity index (χ4v) is 4.76. The van der Waals surface area contributed by atoms with E-state index >= 15 is 0 Å². The molecule has 1 N–H and O–H groups in total. The van der Waals surface area contributed by atoms with Gasteiger partial charge in [-0.05, 0) is 36.1 Å². The largest absolute Gasteiger partial charge is 0.494 e. The molecule has 1 aromatic rings. The number of carbonyl (C=O) groups is 2. The van der Waals surface area contributed by atoms with Gasteiger partial charge in [-0.15, -0.1) is 0 Å². The van der Waals surface area contributed by atoms with E-state index in [2.05, 4.69) is 6.92 Å². The lowest BCUT2D eigenvalue weighted by Gasteiger charge is -2.27. The molecule has 170 valence electrons. The van der Waals surface area contributed by atoms with Crippen LogP contribution in [0.1, 0.15) is 71.3 Å². The molecule has 0 aromatic heterocycles. The van der Waals surface area contributed by atoms with E-state index < -0.39 is 12.0 Å². The van der Waals surface area contributed by atoms with Crippen LogP contribution in [0.4, 0.5) is 0 Å². The Balaban J connectivity index is 1.95. The SMILES string of the molecule is CCCCCCCCOc1ccc(/C=C2/SC(=S)N([C@@H](C(=O)O)[C@@H](C)CC)C2=O)cc1. The first-order chi connectivity index (χ1) is 14.9. The molecule has 5 nitrogen and oxygen atoms in total. The van der Waals surface area contributed by atoms with Gasteiger partial charge in [0.15, 0.2) is 0 Å². The molecular formula is C24H33NO4S2. The van der Waals surface area contributed by atoms with Crippen LogP contribution < -0.4 is 4.74 Å². The summed E-state index contributed by atoms with van der Waals surface area (Å²) < 4.78 is 6.10. The molecule has 7 heteroatoms. The Morgan fingerprint density at radius 2 is 1.81 bits per heavy atom. The quantitative estimate of drug-likeness (QED) is 0.216. The fraction of sp³-hybridized carbons (Fsp3) is 0.542. The summed E-state index contributed by atoms with van der Waals surface area (Å²) in [5.74, 6) is -0.756. The zero-order chi connectivity index (χ0) is 22.8. The number of nitrogens with zero attached hydrogens (tertiary/aromatic N) is 1. The van der Waals surface area contributed by atoms with Gasteiger partial charge in [0.25, 0.3) is 5.91 Å². The number of thiocarbonyl (C=S) groups is 1. The van der Waals surface area contributed by atoms with E-state index in [1.807, 2.05) is 38.1 Å². The van der Waals surface area contributed by atoms with Gasteiger partial charge in [-0.25, -0.2) is 4.79 Å². The highest BCUT2D eigenvalue weighted by molar-refractivity contribution is 8.26. The molecule has 0 radical (unpaired) electrons. The van der Waals surface area contributed by atoms with Crippen LogP contribution in [0.15, 0.2) is 29.2 Å². The zero-order valence-corrected chi connectivity index (χ0v) is 20.3. The lowest BCUT2D eigenvalue weighted by molar-refractivity contribution is -0.147. The smallest absolute Gasteiger partial charge is 0.327 e. The topological polar surface area (TPSA) is 66.8 Å². The second kappa shape index (κ2) is 12.9. The number of carboxylic acid groups (broad SMARTS) is 1. The van der Waals surface area contributed by atoms with Crippen molar-refractivity contribution in [2.45, 2.75) is 71.8 Å². The Labute approximate surface area is 195 Å². The van der Waals surface area contributed by atoms with Crippen LogP contribution >= 0.6 is 24.0 Å². The molecule has 0 spiro atoms. The first kappa shape index (κ1) is 25.4. The summed E-state index contributed by atoms with van der Waals surface area (Å²) in [5.41, 5.74) is 0.850. The Kier molecular flexibility index (Phi) is 10.5. The molecule has 1 amide bonds. The van der Waals surface area contributed by atoms with Crippen molar-refractivity contribution in [1.29, 1.82) is 0 Å². The third-order valence-electron chi connectivity index (χ3n) is 5.48. The normalized spacial score (nSPS) is 17.3. The van der Waals surface area contributed by atoms with Gasteiger partial charge in [0, 0.05) is 0 Å². The van der Waals surface area contributed by atoms with E-state index in [9.17, 15) is 14.7 Å². The average molecular weight is 464 g/mol. The molecule has 0 saturated carbocycles. The maximum Gasteiger partial charge on any atom is 0.327 e. The van der Waals surface area contributed by atoms with Crippen molar-refractivity contribution in [3.05, 3.63) is 34.7 Å². The van der Waals surface area contributed by atoms with Crippen LogP contribution in [-0.4, -0.2) is 38.9 Å². The Hall–Kier alpha value is -1.86. The molecule has 2 atom stereocenters. The first-order valence-corrected chi connectivity index (χ1v) is 12.3. The van der Waals surface area contributed by atoms with E-state index in [1.54, 1.807) is 6.08 Å². The summed E-state index contributed by atoms with van der Waals surface area (Å²) in [4.78, 5) is 26.3. The second-order valence-electron chi connectivity index (χ2n) is 7.91. The lowest BCUT2D eigenvalue weighted by Crippen LogP contribution is -2.47. The lowest BCUT2D eigenvalue weighted by atomic mass is 9.98. The van der Waals surface area contributed by atoms with E-state index in [0.29, 0.717) is 22.3 Å². The minimum atomic E-state index is -1.03. The summed E-state index contributed by atoms with van der Waals surface area (Å²) in [7, 11) is 0. The van der Waals surface area contributed by atoms with Gasteiger partial charge in [0.1, 0.15) is 16.1 Å². The van der Waals surface area contributed by atoms with Gasteiger partial charge in [-0.2, -0.15) is 0 Å². The van der Waals surface area contributed by atoms with Gasteiger partial charge in [-0.1, -0.05) is 95.4 Å². The maximum absolute atomic E-state index is 12.9. The predicted molar refractivity (Wildman–Crippen MR) is 131 cm³/mol. The zero-order valence-electron chi connectivity index (χ0n) is 18.6. The minimum Gasteiger partial charge on any atom is -0.494 e. The van der Waals surface area contributed by atoms with Crippen LogP contribution in [0.25, 0.3) is 6.08 Å². The van der Waals surface area contributed by atoms with E-state index in [1.165, 1.54) is 37.0 Å². The number of aliphatic carboxylic acids is 1. The van der Waals surface area contributed by atoms with Crippen LogP contribution in [0.3, 0.4) is 0 Å². The second-order valence-corrected chi connectivity index (χ2v) is 9.58. The number of thioether (sulfide) groups is 1. The summed E-state index contributed by atoms with van der Waals surface area (Å²) in [6, 6.07) is 6.63. The summed E-state index contributed by atoms with van der Waals surface area (Å²) in [5, 5.41) is 9.62. The highest BCUT2D eigenvalue weighted by atomic mass is 32.2. The number of amides is 1. The summed E-state index contributed by atoms with van der Waals surface area (Å²) in [6.07, 6.45) is 9.75. The molecule has 31 heavy (non-hydrogen) atoms. The maximum atomic E-state index is 12.9. The molecule has 1 aliphatic rings. The van der Waals surface area contributed by atoms with Crippen LogP contribution in [-0.2, 0) is 9.59 Å². The molecule has 0 aliphatic carbocycles. The molecule has 0 bridgehead atoms. The highest BCUT2D eigenvalue weighted by Crippen LogP contribution is 2.36. The van der Waals surface area contributed by atoms with Crippen molar-refractivity contribution in [3.63, 3.8) is 0 Å². The molecule has 2 rings (SSSR count). The molecular weight excluding hydrogens is 430 g/mol. The van der Waals surface area contributed by atoms with Crippen molar-refractivity contribution in [2.75, 3.05) is 6.61 Å². The van der Waals surface area contributed by atoms with Gasteiger partial charge < -0.3 is 9.84 Å². The molecule has 1 saturated heterocycles. The van der Waals surface area contributed by atoms with Crippen LogP contribution in [0.2, 0.25) is 0 Å². The first-order valence-electron chi connectivity index (χ1n) is 11.1. The van der Waals surface area contributed by atoms with Crippen LogP contribution in [0.5, 0.6) is 5.75 Å². The summed E-state index contributed by atoms with van der Waals surface area (Å²) in [6.45, 7) is 6.65. The number of carbonyl (C=O) groups excluding carboxylic acids is 1. The fourth-order valence-electron chi connectivity index (χ4n) is 3.44. The highest BCUT2D eigenvalue weighted by Gasteiger charge is 2.42. The van der Waals surface area contributed by atoms with Gasteiger partial charge in [0.2, 0.25) is 0 Å². The number of carboxylic acids is 1. The number of ether oxygens (including phenoxy) is 1. The molecule has 1 aromatic carbocycles. The number of benzene rings is 1. The minimum absolute atomic E-state index is 0.192. The molecule has 0 unspecified atom stereocenters. The van der Waals surface area contributed by atoms with E-state index in [-0.39, 0.29) is 11.8 Å². The van der Waals surface area contributed by atoms with Gasteiger partial charge in [-0.3, -0.25) is 9.69 Å². The van der Waals surface area contributed by atoms with Gasteiger partial charge >= 0.3 is 5.97 Å². The number of hydrogen-bond donors (Lipinski definition) is 1. The van der Waals surface area contributed by atoms with Crippen molar-refractivity contribution in [2.24, 2.45) is 5.92 Å². The monoisotopic (exact) mass is 463 g/mol. The average Bonchev–Trinajstić information content (AvgIpc) is 3.01. The Morgan fingerprint density at radius 1 is 1.16 bits per heavy atom. The number of hydrogen-bond acceptors (Lipinski definition) is 5. The van der Waals surface area contributed by atoms with E-state index in [0.717, 1.165) is 29.5 Å². The van der Waals surface area contributed by atoms with E-state index in [4.69, 9.17) is 17.0 Å². The van der Waals surface area contributed by atoms with Crippen LogP contribution in [0, 0.1) is 5.92 Å². The van der Waals surface area contributed by atoms with Crippen molar-refractivity contribution < 1.29 is 19.4 Å². The molecule has 1 aliphatic heterocycles. The number of unbranched alkanes of at least 4 members (excludes halogenated alkanes) is 5. The number of rotatable bonds is 13. The third-order valence-corrected chi connectivity index (χ3v) is 6.81. The van der Waals surface area contributed by atoms with Crippen molar-refractivity contribution in [1.82, 2.24) is 4.90 Å². The summed E-state index contributed by atoms with van der Waals surface area (Å²) >= 11 is 6.48.